The summed E-state index contributed by atoms with van der Waals surface area (Å²) in [5, 5.41) is 0. The number of ether oxygens (including phenoxy) is 1. The zero-order chi connectivity index (χ0) is 11.7. The molecule has 0 spiro atoms. The van der Waals surface area contributed by atoms with Gasteiger partial charge < -0.3 is 15.0 Å². The fraction of sp³-hybridized carbons (Fsp3) is 0.417. The zero-order valence-corrected chi connectivity index (χ0v) is 9.90. The Morgan fingerprint density at radius 2 is 2.25 bits per heavy atom. The lowest BCUT2D eigenvalue weighted by Crippen LogP contribution is -2.04. The number of rotatable bonds is 3. The summed E-state index contributed by atoms with van der Waals surface area (Å²) in [5.74, 6) is 0.937. The average molecular weight is 219 g/mol. The van der Waals surface area contributed by atoms with Crippen molar-refractivity contribution in [2.45, 2.75) is 19.6 Å². The van der Waals surface area contributed by atoms with E-state index >= 15 is 0 Å². The van der Waals surface area contributed by atoms with E-state index in [4.69, 9.17) is 10.5 Å². The van der Waals surface area contributed by atoms with Crippen molar-refractivity contribution in [2.24, 2.45) is 12.8 Å². The maximum Gasteiger partial charge on any atom is 0.138 e. The molecule has 0 aliphatic rings. The Hall–Kier alpha value is -1.39. The molecular weight excluding hydrogens is 202 g/mol. The molecule has 0 fully saturated rings. The molecule has 0 amide bonds. The average Bonchev–Trinajstić information content (AvgIpc) is 2.65. The molecule has 0 saturated heterocycles. The molecule has 16 heavy (non-hydrogen) atoms. The van der Waals surface area contributed by atoms with E-state index in [1.54, 1.807) is 7.11 Å². The first kappa shape index (κ1) is 11.1. The van der Waals surface area contributed by atoms with E-state index in [0.717, 1.165) is 22.4 Å². The first-order valence-electron chi connectivity index (χ1n) is 5.35. The second kappa shape index (κ2) is 4.23. The lowest BCUT2D eigenvalue weighted by molar-refractivity contribution is 0.110. The number of methoxy groups -OCH3 is 1. The van der Waals surface area contributed by atoms with Crippen LogP contribution in [-0.2, 0) is 18.3 Å². The molecule has 4 heteroatoms. The predicted molar refractivity (Wildman–Crippen MR) is 64.0 cm³/mol. The van der Waals surface area contributed by atoms with Crippen LogP contribution < -0.4 is 5.73 Å². The minimum Gasteiger partial charge on any atom is -0.374 e. The third-order valence-electron chi connectivity index (χ3n) is 2.93. The molecule has 0 bridgehead atoms. The number of nitrogens with zero attached hydrogens (tertiary/aromatic N) is 2. The topological polar surface area (TPSA) is 53.1 Å². The smallest absolute Gasteiger partial charge is 0.138 e. The Bertz CT molecular complexity index is 504. The SMILES string of the molecule is COC(C)c1nc2cc(CN)ccc2n1C. The van der Waals surface area contributed by atoms with Crippen LogP contribution in [0.3, 0.4) is 0 Å². The summed E-state index contributed by atoms with van der Waals surface area (Å²) in [6.45, 7) is 2.53. The van der Waals surface area contributed by atoms with Gasteiger partial charge in [0.2, 0.25) is 0 Å². The molecule has 4 nitrogen and oxygen atoms in total. The van der Waals surface area contributed by atoms with Crippen LogP contribution in [0, 0.1) is 0 Å². The Morgan fingerprint density at radius 1 is 1.50 bits per heavy atom. The number of aryl methyl sites for hydroxylation is 1. The summed E-state index contributed by atoms with van der Waals surface area (Å²) in [6.07, 6.45) is -0.00118. The summed E-state index contributed by atoms with van der Waals surface area (Å²) in [7, 11) is 3.69. The van der Waals surface area contributed by atoms with E-state index in [9.17, 15) is 0 Å². The number of nitrogens with two attached hydrogens (primary N) is 1. The Labute approximate surface area is 95.0 Å². The van der Waals surface area contributed by atoms with E-state index in [1.165, 1.54) is 0 Å². The van der Waals surface area contributed by atoms with Crippen LogP contribution in [0.4, 0.5) is 0 Å². The van der Waals surface area contributed by atoms with E-state index in [0.29, 0.717) is 6.54 Å². The molecule has 1 heterocycles. The van der Waals surface area contributed by atoms with Gasteiger partial charge in [0.25, 0.3) is 0 Å². The minimum absolute atomic E-state index is 0.00118. The molecule has 1 atom stereocenters. The van der Waals surface area contributed by atoms with Crippen molar-refractivity contribution in [2.75, 3.05) is 7.11 Å². The van der Waals surface area contributed by atoms with Gasteiger partial charge in [0.05, 0.1) is 11.0 Å². The fourth-order valence-corrected chi connectivity index (χ4v) is 1.86. The van der Waals surface area contributed by atoms with Crippen LogP contribution >= 0.6 is 0 Å². The number of hydrogen-bond donors (Lipinski definition) is 1. The largest absolute Gasteiger partial charge is 0.374 e. The summed E-state index contributed by atoms with van der Waals surface area (Å²) in [5.41, 5.74) is 8.80. The first-order valence-corrected chi connectivity index (χ1v) is 5.35. The van der Waals surface area contributed by atoms with E-state index in [2.05, 4.69) is 15.6 Å². The predicted octanol–water partition coefficient (Wildman–Crippen LogP) is 1.74. The van der Waals surface area contributed by atoms with Crippen LogP contribution in [0.5, 0.6) is 0 Å². The van der Waals surface area contributed by atoms with Gasteiger partial charge in [-0.25, -0.2) is 4.98 Å². The normalized spacial score (nSPS) is 13.2. The van der Waals surface area contributed by atoms with Gasteiger partial charge in [0.1, 0.15) is 11.9 Å². The van der Waals surface area contributed by atoms with Gasteiger partial charge >= 0.3 is 0 Å². The highest BCUT2D eigenvalue weighted by atomic mass is 16.5. The van der Waals surface area contributed by atoms with Crippen molar-refractivity contribution in [1.29, 1.82) is 0 Å². The Morgan fingerprint density at radius 3 is 2.88 bits per heavy atom. The second-order valence-electron chi connectivity index (χ2n) is 3.93. The molecule has 0 aliphatic carbocycles. The highest BCUT2D eigenvalue weighted by Gasteiger charge is 2.13. The van der Waals surface area contributed by atoms with Gasteiger partial charge in [-0.15, -0.1) is 0 Å². The van der Waals surface area contributed by atoms with Crippen LogP contribution in [0.1, 0.15) is 24.4 Å². The van der Waals surface area contributed by atoms with Crippen molar-refractivity contribution in [3.05, 3.63) is 29.6 Å². The van der Waals surface area contributed by atoms with Gasteiger partial charge in [-0.2, -0.15) is 0 Å². The van der Waals surface area contributed by atoms with Crippen LogP contribution in [-0.4, -0.2) is 16.7 Å². The molecule has 0 aliphatic heterocycles. The van der Waals surface area contributed by atoms with Gasteiger partial charge in [-0.1, -0.05) is 6.07 Å². The Kier molecular flexibility index (Phi) is 2.94. The third-order valence-corrected chi connectivity index (χ3v) is 2.93. The number of benzene rings is 1. The van der Waals surface area contributed by atoms with E-state index in [1.807, 2.05) is 26.1 Å². The Balaban J connectivity index is 2.58. The maximum atomic E-state index is 5.61. The van der Waals surface area contributed by atoms with E-state index < -0.39 is 0 Å². The van der Waals surface area contributed by atoms with E-state index in [-0.39, 0.29) is 6.10 Å². The van der Waals surface area contributed by atoms with Crippen molar-refractivity contribution >= 4 is 11.0 Å². The zero-order valence-electron chi connectivity index (χ0n) is 9.90. The highest BCUT2D eigenvalue weighted by Crippen LogP contribution is 2.21. The molecule has 1 aromatic carbocycles. The lowest BCUT2D eigenvalue weighted by atomic mass is 10.2. The number of imidazole rings is 1. The summed E-state index contributed by atoms with van der Waals surface area (Å²) in [6, 6.07) is 6.11. The molecule has 2 aromatic rings. The van der Waals surface area contributed by atoms with Crippen molar-refractivity contribution in [3.63, 3.8) is 0 Å². The van der Waals surface area contributed by atoms with Gasteiger partial charge in [0, 0.05) is 20.7 Å². The summed E-state index contributed by atoms with van der Waals surface area (Å²) in [4.78, 5) is 4.57. The minimum atomic E-state index is -0.00118. The van der Waals surface area contributed by atoms with Crippen molar-refractivity contribution in [3.8, 4) is 0 Å². The van der Waals surface area contributed by atoms with Crippen molar-refractivity contribution in [1.82, 2.24) is 9.55 Å². The molecular formula is C12H17N3O. The molecule has 86 valence electrons. The standard InChI is InChI=1S/C12H17N3O/c1-8(16-3)12-14-10-6-9(7-13)4-5-11(10)15(12)2/h4-6,8H,7,13H2,1-3H3. The highest BCUT2D eigenvalue weighted by molar-refractivity contribution is 5.76. The summed E-state index contributed by atoms with van der Waals surface area (Å²) >= 11 is 0. The van der Waals surface area contributed by atoms with Gasteiger partial charge in [-0.05, 0) is 24.6 Å². The van der Waals surface area contributed by atoms with Crippen LogP contribution in [0.25, 0.3) is 11.0 Å². The number of aromatic nitrogens is 2. The number of hydrogen-bond acceptors (Lipinski definition) is 3. The molecule has 2 N–H and O–H groups in total. The fourth-order valence-electron chi connectivity index (χ4n) is 1.86. The first-order chi connectivity index (χ1) is 7.67. The molecule has 0 saturated carbocycles. The molecule has 0 radical (unpaired) electrons. The summed E-state index contributed by atoms with van der Waals surface area (Å²) < 4.78 is 7.35. The van der Waals surface area contributed by atoms with Crippen LogP contribution in [0.15, 0.2) is 18.2 Å². The van der Waals surface area contributed by atoms with Crippen molar-refractivity contribution < 1.29 is 4.74 Å². The second-order valence-corrected chi connectivity index (χ2v) is 3.93. The quantitative estimate of drug-likeness (QED) is 0.855. The third kappa shape index (κ3) is 1.70. The number of fused-ring (bicyclic) bond motifs is 1. The monoisotopic (exact) mass is 219 g/mol. The maximum absolute atomic E-state index is 5.61. The van der Waals surface area contributed by atoms with Gasteiger partial charge in [-0.3, -0.25) is 0 Å². The van der Waals surface area contributed by atoms with Gasteiger partial charge in [0.15, 0.2) is 0 Å². The molecule has 1 aromatic heterocycles. The van der Waals surface area contributed by atoms with Crippen LogP contribution in [0.2, 0.25) is 0 Å². The lowest BCUT2D eigenvalue weighted by Gasteiger charge is -2.08. The molecule has 2 rings (SSSR count). The molecule has 1 unspecified atom stereocenters.